The average molecular weight is 492 g/mol. The molecule has 2 aromatic heterocycles. The molecule has 2 N–H and O–H groups in total. The van der Waals surface area contributed by atoms with Crippen LogP contribution in [0.4, 0.5) is 9.18 Å². The third kappa shape index (κ3) is 6.74. The van der Waals surface area contributed by atoms with Crippen LogP contribution in [0.15, 0.2) is 22.9 Å². The van der Waals surface area contributed by atoms with Gasteiger partial charge in [0, 0.05) is 38.3 Å². The summed E-state index contributed by atoms with van der Waals surface area (Å²) in [4.78, 5) is 38.1. The van der Waals surface area contributed by atoms with Gasteiger partial charge < -0.3 is 15.1 Å². The maximum Gasteiger partial charge on any atom is 0.341 e. The number of hydrogen-bond donors (Lipinski definition) is 2. The smallest absolute Gasteiger partial charge is 0.341 e. The fourth-order valence-electron chi connectivity index (χ4n) is 4.52. The first kappa shape index (κ1) is 26.1. The number of hydrogen-bond acceptors (Lipinski definition) is 6. The Morgan fingerprint density at radius 2 is 2.09 bits per heavy atom. The molecule has 0 aliphatic carbocycles. The minimum atomic E-state index is -0.572. The quantitative estimate of drug-likeness (QED) is 0.413. The molecule has 0 saturated carbocycles. The first-order valence-electron chi connectivity index (χ1n) is 11.6. The lowest BCUT2D eigenvalue weighted by atomic mass is 10.0. The molecule has 2 aromatic rings. The molecule has 34 heavy (non-hydrogen) atoms. The molecular weight excluding hydrogens is 457 g/mol. The van der Waals surface area contributed by atoms with Gasteiger partial charge in [-0.15, -0.1) is 0 Å². The number of thiophene rings is 1. The zero-order chi connectivity index (χ0) is 24.7. The molecule has 1 atom stereocenters. The van der Waals surface area contributed by atoms with Crippen LogP contribution in [0.2, 0.25) is 0 Å². The third-order valence-corrected chi connectivity index (χ3v) is 7.12. The fraction of sp³-hybridized carbons (Fsp3) is 0.542. The van der Waals surface area contributed by atoms with E-state index in [4.69, 9.17) is 4.84 Å². The van der Waals surface area contributed by atoms with Crippen molar-refractivity contribution in [2.75, 3.05) is 26.7 Å². The number of aromatic nitrogens is 1. The maximum absolute atomic E-state index is 13.4. The Bertz CT molecular complexity index is 941. The van der Waals surface area contributed by atoms with Crippen LogP contribution in [0.3, 0.4) is 0 Å². The van der Waals surface area contributed by atoms with Crippen LogP contribution in [0.5, 0.6) is 0 Å². The molecule has 186 valence electrons. The molecule has 3 heterocycles. The van der Waals surface area contributed by atoms with Gasteiger partial charge in [0.1, 0.15) is 0 Å². The van der Waals surface area contributed by atoms with Gasteiger partial charge in [0.25, 0.3) is 5.91 Å². The highest BCUT2D eigenvalue weighted by atomic mass is 32.1. The van der Waals surface area contributed by atoms with Gasteiger partial charge in [-0.1, -0.05) is 0 Å². The number of halogens is 1. The number of piperidine rings is 1. The molecule has 3 rings (SSSR count). The summed E-state index contributed by atoms with van der Waals surface area (Å²) in [5.41, 5.74) is 5.00. The van der Waals surface area contributed by atoms with Gasteiger partial charge in [-0.3, -0.25) is 9.63 Å². The topological polar surface area (TPSA) is 86.8 Å². The SMILES string of the molecule is CONC(=O)N(Cc1ccsc1)C1CCN(C(C)CCNC(=O)c2c(C)cc(F)nc2C)CC1. The average Bonchev–Trinajstić information content (AvgIpc) is 3.30. The number of carbonyl (C=O) groups excluding carboxylic acids is 2. The summed E-state index contributed by atoms with van der Waals surface area (Å²) in [5.74, 6) is -0.793. The Kier molecular flexibility index (Phi) is 9.37. The number of aryl methyl sites for hydroxylation is 2. The van der Waals surface area contributed by atoms with E-state index >= 15 is 0 Å². The first-order valence-corrected chi connectivity index (χ1v) is 12.5. The molecule has 0 bridgehead atoms. The minimum Gasteiger partial charge on any atom is -0.352 e. The van der Waals surface area contributed by atoms with E-state index in [1.807, 2.05) is 16.3 Å². The zero-order valence-corrected chi connectivity index (χ0v) is 21.1. The first-order chi connectivity index (χ1) is 16.3. The van der Waals surface area contributed by atoms with E-state index in [2.05, 4.69) is 33.0 Å². The maximum atomic E-state index is 13.4. The summed E-state index contributed by atoms with van der Waals surface area (Å²) >= 11 is 1.62. The lowest BCUT2D eigenvalue weighted by Crippen LogP contribution is -2.51. The number of rotatable bonds is 9. The van der Waals surface area contributed by atoms with Crippen LogP contribution < -0.4 is 10.8 Å². The largest absolute Gasteiger partial charge is 0.352 e. The Morgan fingerprint density at radius 1 is 1.35 bits per heavy atom. The Labute approximate surface area is 204 Å². The lowest BCUT2D eigenvalue weighted by molar-refractivity contribution is 0.0565. The van der Waals surface area contributed by atoms with Gasteiger partial charge >= 0.3 is 6.03 Å². The van der Waals surface area contributed by atoms with E-state index in [9.17, 15) is 14.0 Å². The standard InChI is InChI=1S/C24H34FN5O3S/c1-16-13-21(25)27-18(3)22(16)23(31)26-9-5-17(2)29-10-6-20(7-11-29)30(24(32)28-33-4)14-19-8-12-34-15-19/h8,12-13,15,17,20H,5-7,9-11,14H2,1-4H3,(H,26,31)(H,28,32). The summed E-state index contributed by atoms with van der Waals surface area (Å²) in [6.45, 7) is 8.35. The number of pyridine rings is 1. The van der Waals surface area contributed by atoms with Gasteiger partial charge in [0.2, 0.25) is 5.95 Å². The van der Waals surface area contributed by atoms with Crippen LogP contribution >= 0.6 is 11.3 Å². The van der Waals surface area contributed by atoms with E-state index in [0.29, 0.717) is 29.9 Å². The van der Waals surface area contributed by atoms with Crippen molar-refractivity contribution in [2.45, 2.75) is 58.7 Å². The predicted octanol–water partition coefficient (Wildman–Crippen LogP) is 3.65. The second-order valence-corrected chi connectivity index (χ2v) is 9.53. The van der Waals surface area contributed by atoms with Crippen molar-refractivity contribution in [2.24, 2.45) is 0 Å². The van der Waals surface area contributed by atoms with Gasteiger partial charge in [0.05, 0.1) is 18.4 Å². The summed E-state index contributed by atoms with van der Waals surface area (Å²) in [6.07, 6.45) is 2.54. The number of nitrogens with one attached hydrogen (secondary N) is 2. The summed E-state index contributed by atoms with van der Waals surface area (Å²) in [7, 11) is 1.44. The van der Waals surface area contributed by atoms with E-state index in [1.165, 1.54) is 13.2 Å². The molecule has 0 spiro atoms. The highest BCUT2D eigenvalue weighted by molar-refractivity contribution is 7.07. The summed E-state index contributed by atoms with van der Waals surface area (Å²) < 4.78 is 13.4. The van der Waals surface area contributed by atoms with Crippen LogP contribution in [-0.4, -0.2) is 65.5 Å². The van der Waals surface area contributed by atoms with Crippen molar-refractivity contribution in [1.82, 2.24) is 25.6 Å². The van der Waals surface area contributed by atoms with Crippen molar-refractivity contribution in [1.29, 1.82) is 0 Å². The van der Waals surface area contributed by atoms with Gasteiger partial charge in [0.15, 0.2) is 0 Å². The molecule has 0 aromatic carbocycles. The predicted molar refractivity (Wildman–Crippen MR) is 130 cm³/mol. The van der Waals surface area contributed by atoms with Crippen LogP contribution in [0.25, 0.3) is 0 Å². The normalized spacial score (nSPS) is 15.7. The highest BCUT2D eigenvalue weighted by Crippen LogP contribution is 2.22. The minimum absolute atomic E-state index is 0.134. The number of hydroxylamine groups is 1. The molecule has 1 aliphatic heterocycles. The van der Waals surface area contributed by atoms with Gasteiger partial charge in [-0.25, -0.2) is 15.3 Å². The van der Waals surface area contributed by atoms with E-state index in [1.54, 1.807) is 25.2 Å². The number of amides is 3. The second-order valence-electron chi connectivity index (χ2n) is 8.75. The van der Waals surface area contributed by atoms with E-state index in [0.717, 1.165) is 37.9 Å². The van der Waals surface area contributed by atoms with Crippen molar-refractivity contribution >= 4 is 23.3 Å². The number of carbonyl (C=O) groups is 2. The highest BCUT2D eigenvalue weighted by Gasteiger charge is 2.30. The van der Waals surface area contributed by atoms with Gasteiger partial charge in [-0.2, -0.15) is 15.7 Å². The lowest BCUT2D eigenvalue weighted by Gasteiger charge is -2.40. The van der Waals surface area contributed by atoms with Crippen molar-refractivity contribution in [3.05, 3.63) is 51.2 Å². The Hall–Kier alpha value is -2.56. The van der Waals surface area contributed by atoms with E-state index < -0.39 is 5.95 Å². The summed E-state index contributed by atoms with van der Waals surface area (Å²) in [6, 6.07) is 3.52. The third-order valence-electron chi connectivity index (χ3n) is 6.39. The Balaban J connectivity index is 1.48. The molecule has 3 amide bonds. The molecule has 8 nitrogen and oxygen atoms in total. The number of urea groups is 1. The van der Waals surface area contributed by atoms with Crippen molar-refractivity contribution in [3.63, 3.8) is 0 Å². The van der Waals surface area contributed by atoms with Crippen LogP contribution in [-0.2, 0) is 11.4 Å². The van der Waals surface area contributed by atoms with Gasteiger partial charge in [-0.05, 0) is 74.1 Å². The molecule has 1 unspecified atom stereocenters. The molecule has 10 heteroatoms. The van der Waals surface area contributed by atoms with Crippen LogP contribution in [0.1, 0.15) is 53.4 Å². The summed E-state index contributed by atoms with van der Waals surface area (Å²) in [5, 5.41) is 7.02. The monoisotopic (exact) mass is 491 g/mol. The molecular formula is C24H34FN5O3S. The number of nitrogens with zero attached hydrogens (tertiary/aromatic N) is 3. The fourth-order valence-corrected chi connectivity index (χ4v) is 5.18. The van der Waals surface area contributed by atoms with Crippen molar-refractivity contribution in [3.8, 4) is 0 Å². The second kappa shape index (κ2) is 12.2. The van der Waals surface area contributed by atoms with Crippen LogP contribution in [0, 0.1) is 19.8 Å². The van der Waals surface area contributed by atoms with Crippen molar-refractivity contribution < 1.29 is 18.8 Å². The zero-order valence-electron chi connectivity index (χ0n) is 20.3. The Morgan fingerprint density at radius 3 is 2.71 bits per heavy atom. The number of likely N-dealkylation sites (tertiary alicyclic amines) is 1. The van der Waals surface area contributed by atoms with E-state index in [-0.39, 0.29) is 24.0 Å². The molecule has 1 saturated heterocycles. The molecule has 0 radical (unpaired) electrons. The molecule has 1 aliphatic rings. The molecule has 1 fully saturated rings.